The highest BCUT2D eigenvalue weighted by atomic mass is 16.3. The molecule has 0 aromatic carbocycles. The van der Waals surface area contributed by atoms with Gasteiger partial charge in [-0.05, 0) is 12.0 Å². The molecule has 16 heavy (non-hydrogen) atoms. The summed E-state index contributed by atoms with van der Waals surface area (Å²) in [7, 11) is 0. The largest absolute Gasteiger partial charge is 0.395 e. The van der Waals surface area contributed by atoms with Gasteiger partial charge in [-0.1, -0.05) is 19.9 Å². The minimum absolute atomic E-state index is 0.00870. The lowest BCUT2D eigenvalue weighted by molar-refractivity contribution is 0.210. The predicted octanol–water partition coefficient (Wildman–Crippen LogP) is 0.455. The van der Waals surface area contributed by atoms with Crippen molar-refractivity contribution in [2.45, 2.75) is 26.4 Å². The van der Waals surface area contributed by atoms with Crippen LogP contribution in [-0.4, -0.2) is 28.9 Å². The van der Waals surface area contributed by atoms with Gasteiger partial charge in [0.1, 0.15) is 0 Å². The number of aliphatic hydroxyl groups excluding tert-OH is 1. The lowest BCUT2D eigenvalue weighted by Gasteiger charge is -2.20. The van der Waals surface area contributed by atoms with Crippen LogP contribution in [-0.2, 0) is 6.54 Å². The molecule has 0 amide bonds. The Bertz CT molecular complexity index is 360. The molecule has 0 aliphatic heterocycles. The van der Waals surface area contributed by atoms with Crippen molar-refractivity contribution < 1.29 is 5.11 Å². The van der Waals surface area contributed by atoms with Crippen molar-refractivity contribution in [3.63, 3.8) is 0 Å². The first-order valence-corrected chi connectivity index (χ1v) is 5.65. The molecule has 1 aromatic rings. The molecule has 0 spiro atoms. The third-order valence-corrected chi connectivity index (χ3v) is 2.66. The van der Waals surface area contributed by atoms with Gasteiger partial charge in [0.15, 0.2) is 0 Å². The Kier molecular flexibility index (Phi) is 5.22. The molecule has 0 fully saturated rings. The average Bonchev–Trinajstić information content (AvgIpc) is 2.26. The SMILES string of the molecule is CC(C)C(CO)NCCn1ccccc1=O. The van der Waals surface area contributed by atoms with Gasteiger partial charge in [-0.2, -0.15) is 0 Å². The molecular weight excluding hydrogens is 204 g/mol. The van der Waals surface area contributed by atoms with E-state index in [0.717, 1.165) is 0 Å². The summed E-state index contributed by atoms with van der Waals surface area (Å²) in [5, 5.41) is 12.4. The zero-order valence-corrected chi connectivity index (χ0v) is 9.89. The molecular formula is C12H20N2O2. The highest BCUT2D eigenvalue weighted by Gasteiger charge is 2.10. The number of pyridine rings is 1. The highest BCUT2D eigenvalue weighted by molar-refractivity contribution is 4.93. The number of nitrogens with zero attached hydrogens (tertiary/aromatic N) is 1. The number of aromatic nitrogens is 1. The second-order valence-electron chi connectivity index (χ2n) is 4.22. The van der Waals surface area contributed by atoms with E-state index in [0.29, 0.717) is 19.0 Å². The van der Waals surface area contributed by atoms with Crippen molar-refractivity contribution >= 4 is 0 Å². The standard InChI is InChI=1S/C12H20N2O2/c1-10(2)11(9-15)13-6-8-14-7-4-3-5-12(14)16/h3-5,7,10-11,13,15H,6,8-9H2,1-2H3. The Morgan fingerprint density at radius 2 is 2.19 bits per heavy atom. The van der Waals surface area contributed by atoms with E-state index in [1.54, 1.807) is 22.9 Å². The monoisotopic (exact) mass is 224 g/mol. The summed E-state index contributed by atoms with van der Waals surface area (Å²) in [4.78, 5) is 11.4. The zero-order chi connectivity index (χ0) is 12.0. The lowest BCUT2D eigenvalue weighted by Crippen LogP contribution is -2.39. The summed E-state index contributed by atoms with van der Waals surface area (Å²) < 4.78 is 1.65. The zero-order valence-electron chi connectivity index (χ0n) is 9.89. The van der Waals surface area contributed by atoms with Crippen molar-refractivity contribution in [3.05, 3.63) is 34.7 Å². The molecule has 0 aliphatic carbocycles. The van der Waals surface area contributed by atoms with Crippen molar-refractivity contribution in [1.29, 1.82) is 0 Å². The van der Waals surface area contributed by atoms with E-state index in [4.69, 9.17) is 5.11 Å². The maximum absolute atomic E-state index is 11.4. The fourth-order valence-corrected chi connectivity index (χ4v) is 1.53. The van der Waals surface area contributed by atoms with Crippen LogP contribution >= 0.6 is 0 Å². The van der Waals surface area contributed by atoms with Crippen molar-refractivity contribution in [2.24, 2.45) is 5.92 Å². The van der Waals surface area contributed by atoms with E-state index >= 15 is 0 Å². The first-order valence-electron chi connectivity index (χ1n) is 5.65. The summed E-state index contributed by atoms with van der Waals surface area (Å²) in [5.41, 5.74) is 0.00870. The molecule has 1 rings (SSSR count). The summed E-state index contributed by atoms with van der Waals surface area (Å²) in [6, 6.07) is 5.22. The number of hydrogen-bond donors (Lipinski definition) is 2. The van der Waals surface area contributed by atoms with E-state index < -0.39 is 0 Å². The van der Waals surface area contributed by atoms with Crippen LogP contribution in [0.15, 0.2) is 29.2 Å². The minimum Gasteiger partial charge on any atom is -0.395 e. The van der Waals surface area contributed by atoms with E-state index in [-0.39, 0.29) is 18.2 Å². The second-order valence-corrected chi connectivity index (χ2v) is 4.22. The van der Waals surface area contributed by atoms with Crippen LogP contribution in [0.3, 0.4) is 0 Å². The lowest BCUT2D eigenvalue weighted by atomic mass is 10.1. The van der Waals surface area contributed by atoms with Gasteiger partial charge in [-0.3, -0.25) is 4.79 Å². The van der Waals surface area contributed by atoms with Gasteiger partial charge in [-0.15, -0.1) is 0 Å². The first kappa shape index (κ1) is 12.9. The molecule has 1 heterocycles. The molecule has 1 aromatic heterocycles. The predicted molar refractivity (Wildman–Crippen MR) is 64.4 cm³/mol. The smallest absolute Gasteiger partial charge is 0.250 e. The molecule has 0 saturated carbocycles. The minimum atomic E-state index is 0.00870. The van der Waals surface area contributed by atoms with Gasteiger partial charge in [0.2, 0.25) is 0 Å². The third-order valence-electron chi connectivity index (χ3n) is 2.66. The average molecular weight is 224 g/mol. The fraction of sp³-hybridized carbons (Fsp3) is 0.583. The van der Waals surface area contributed by atoms with Gasteiger partial charge in [0.05, 0.1) is 6.61 Å². The van der Waals surface area contributed by atoms with Crippen LogP contribution in [0.4, 0.5) is 0 Å². The Hall–Kier alpha value is -1.13. The molecule has 4 nitrogen and oxygen atoms in total. The molecule has 0 saturated heterocycles. The topological polar surface area (TPSA) is 54.3 Å². The molecule has 0 radical (unpaired) electrons. The Morgan fingerprint density at radius 3 is 2.75 bits per heavy atom. The fourth-order valence-electron chi connectivity index (χ4n) is 1.53. The molecule has 1 atom stereocenters. The van der Waals surface area contributed by atoms with Gasteiger partial charge in [0, 0.05) is 31.4 Å². The quantitative estimate of drug-likeness (QED) is 0.738. The van der Waals surface area contributed by atoms with E-state index in [1.165, 1.54) is 0 Å². The van der Waals surface area contributed by atoms with Gasteiger partial charge in [-0.25, -0.2) is 0 Å². The van der Waals surface area contributed by atoms with Crippen LogP contribution in [0.25, 0.3) is 0 Å². The van der Waals surface area contributed by atoms with Gasteiger partial charge >= 0.3 is 0 Å². The summed E-state index contributed by atoms with van der Waals surface area (Å²) >= 11 is 0. The van der Waals surface area contributed by atoms with Crippen LogP contribution in [0.5, 0.6) is 0 Å². The molecule has 90 valence electrons. The van der Waals surface area contributed by atoms with Crippen LogP contribution in [0, 0.1) is 5.92 Å². The summed E-state index contributed by atoms with van der Waals surface area (Å²) in [5.74, 6) is 0.387. The summed E-state index contributed by atoms with van der Waals surface area (Å²) in [6.45, 7) is 5.56. The summed E-state index contributed by atoms with van der Waals surface area (Å²) in [6.07, 6.45) is 1.77. The number of rotatable bonds is 6. The highest BCUT2D eigenvalue weighted by Crippen LogP contribution is 1.99. The van der Waals surface area contributed by atoms with E-state index in [9.17, 15) is 4.79 Å². The molecule has 4 heteroatoms. The van der Waals surface area contributed by atoms with Crippen molar-refractivity contribution in [2.75, 3.05) is 13.2 Å². The third kappa shape index (κ3) is 3.79. The number of nitrogens with one attached hydrogen (secondary N) is 1. The van der Waals surface area contributed by atoms with Crippen LogP contribution < -0.4 is 10.9 Å². The Labute approximate surface area is 95.9 Å². The van der Waals surface area contributed by atoms with Crippen molar-refractivity contribution in [1.82, 2.24) is 9.88 Å². The normalized spacial score (nSPS) is 13.0. The number of hydrogen-bond acceptors (Lipinski definition) is 3. The number of aliphatic hydroxyl groups is 1. The van der Waals surface area contributed by atoms with Crippen molar-refractivity contribution in [3.8, 4) is 0 Å². The van der Waals surface area contributed by atoms with Crippen LogP contribution in [0.2, 0.25) is 0 Å². The second kappa shape index (κ2) is 6.45. The van der Waals surface area contributed by atoms with E-state index in [2.05, 4.69) is 19.2 Å². The van der Waals surface area contributed by atoms with Gasteiger partial charge in [0.25, 0.3) is 5.56 Å². The van der Waals surface area contributed by atoms with E-state index in [1.807, 2.05) is 6.07 Å². The van der Waals surface area contributed by atoms with Gasteiger partial charge < -0.3 is 15.0 Å². The maximum Gasteiger partial charge on any atom is 0.250 e. The van der Waals surface area contributed by atoms with Crippen LogP contribution in [0.1, 0.15) is 13.8 Å². The molecule has 2 N–H and O–H groups in total. The molecule has 0 bridgehead atoms. The Morgan fingerprint density at radius 1 is 1.44 bits per heavy atom. The molecule has 1 unspecified atom stereocenters. The Balaban J connectivity index is 2.41. The maximum atomic E-state index is 11.4. The first-order chi connectivity index (χ1) is 7.65. The molecule has 0 aliphatic rings.